The molecular formula is C17H22N2O. The second-order valence-corrected chi connectivity index (χ2v) is 4.87. The van der Waals surface area contributed by atoms with Crippen molar-refractivity contribution in [3.63, 3.8) is 0 Å². The normalized spacial score (nSPS) is 12.2. The van der Waals surface area contributed by atoms with E-state index in [1.165, 1.54) is 11.1 Å². The Hall–Kier alpha value is -1.87. The molecule has 0 saturated carbocycles. The van der Waals surface area contributed by atoms with E-state index in [4.69, 9.17) is 4.74 Å². The van der Waals surface area contributed by atoms with Gasteiger partial charge in [0, 0.05) is 24.3 Å². The molecule has 0 aliphatic rings. The number of aromatic nitrogens is 1. The topological polar surface area (TPSA) is 34.2 Å². The Labute approximate surface area is 121 Å². The van der Waals surface area contributed by atoms with Crippen molar-refractivity contribution in [1.82, 2.24) is 10.3 Å². The highest BCUT2D eigenvalue weighted by molar-refractivity contribution is 5.27. The SMILES string of the molecule is CCc1ccc(C(C)NCc2cccnc2OC)cc1. The van der Waals surface area contributed by atoms with Crippen LogP contribution in [0.15, 0.2) is 42.6 Å². The molecule has 2 aromatic rings. The van der Waals surface area contributed by atoms with Crippen molar-refractivity contribution in [3.05, 3.63) is 59.3 Å². The van der Waals surface area contributed by atoms with Gasteiger partial charge in [-0.1, -0.05) is 37.3 Å². The number of nitrogens with zero attached hydrogens (tertiary/aromatic N) is 1. The van der Waals surface area contributed by atoms with E-state index in [-0.39, 0.29) is 0 Å². The van der Waals surface area contributed by atoms with Gasteiger partial charge < -0.3 is 10.1 Å². The summed E-state index contributed by atoms with van der Waals surface area (Å²) in [7, 11) is 1.65. The van der Waals surface area contributed by atoms with Gasteiger partial charge in [0.2, 0.25) is 5.88 Å². The van der Waals surface area contributed by atoms with Crippen molar-refractivity contribution >= 4 is 0 Å². The van der Waals surface area contributed by atoms with Gasteiger partial charge >= 0.3 is 0 Å². The lowest BCUT2D eigenvalue weighted by atomic mass is 10.0. The van der Waals surface area contributed by atoms with E-state index in [1.807, 2.05) is 12.1 Å². The summed E-state index contributed by atoms with van der Waals surface area (Å²) in [5.41, 5.74) is 3.74. The lowest BCUT2D eigenvalue weighted by Crippen LogP contribution is -2.18. The molecule has 0 saturated heterocycles. The monoisotopic (exact) mass is 270 g/mol. The molecule has 1 aromatic heterocycles. The van der Waals surface area contributed by atoms with Crippen molar-refractivity contribution in [3.8, 4) is 5.88 Å². The fourth-order valence-corrected chi connectivity index (χ4v) is 2.17. The zero-order valence-corrected chi connectivity index (χ0v) is 12.4. The maximum Gasteiger partial charge on any atom is 0.217 e. The fourth-order valence-electron chi connectivity index (χ4n) is 2.17. The first-order valence-electron chi connectivity index (χ1n) is 7.04. The Bertz CT molecular complexity index is 537. The number of rotatable bonds is 6. The molecular weight excluding hydrogens is 248 g/mol. The van der Waals surface area contributed by atoms with E-state index in [0.29, 0.717) is 11.9 Å². The molecule has 0 aliphatic carbocycles. The molecule has 1 aromatic carbocycles. The Morgan fingerprint density at radius 2 is 1.95 bits per heavy atom. The van der Waals surface area contributed by atoms with Crippen LogP contribution in [0.2, 0.25) is 0 Å². The molecule has 1 heterocycles. The highest BCUT2D eigenvalue weighted by Gasteiger charge is 2.07. The second kappa shape index (κ2) is 7.06. The Morgan fingerprint density at radius 3 is 2.60 bits per heavy atom. The number of benzene rings is 1. The molecule has 1 unspecified atom stereocenters. The zero-order valence-electron chi connectivity index (χ0n) is 12.4. The molecule has 0 aliphatic heterocycles. The van der Waals surface area contributed by atoms with Gasteiger partial charge in [-0.2, -0.15) is 0 Å². The van der Waals surface area contributed by atoms with Crippen molar-refractivity contribution in [2.24, 2.45) is 0 Å². The van der Waals surface area contributed by atoms with Crippen LogP contribution in [0.4, 0.5) is 0 Å². The maximum absolute atomic E-state index is 5.26. The number of hydrogen-bond acceptors (Lipinski definition) is 3. The molecule has 20 heavy (non-hydrogen) atoms. The first kappa shape index (κ1) is 14.5. The van der Waals surface area contributed by atoms with E-state index in [9.17, 15) is 0 Å². The minimum absolute atomic E-state index is 0.297. The number of ether oxygens (including phenoxy) is 1. The highest BCUT2D eigenvalue weighted by Crippen LogP contribution is 2.17. The van der Waals surface area contributed by atoms with E-state index in [1.54, 1.807) is 13.3 Å². The summed E-state index contributed by atoms with van der Waals surface area (Å²) >= 11 is 0. The van der Waals surface area contributed by atoms with E-state index < -0.39 is 0 Å². The maximum atomic E-state index is 5.26. The van der Waals surface area contributed by atoms with Crippen LogP contribution in [-0.4, -0.2) is 12.1 Å². The van der Waals surface area contributed by atoms with Crippen LogP contribution in [0.5, 0.6) is 5.88 Å². The molecule has 0 bridgehead atoms. The van der Waals surface area contributed by atoms with Crippen LogP contribution >= 0.6 is 0 Å². The zero-order chi connectivity index (χ0) is 14.4. The summed E-state index contributed by atoms with van der Waals surface area (Å²) in [6, 6.07) is 13.0. The van der Waals surface area contributed by atoms with E-state index in [0.717, 1.165) is 18.5 Å². The summed E-state index contributed by atoms with van der Waals surface area (Å²) in [5, 5.41) is 3.51. The predicted molar refractivity (Wildman–Crippen MR) is 81.9 cm³/mol. The number of nitrogens with one attached hydrogen (secondary N) is 1. The average molecular weight is 270 g/mol. The highest BCUT2D eigenvalue weighted by atomic mass is 16.5. The summed E-state index contributed by atoms with van der Waals surface area (Å²) in [6.45, 7) is 5.09. The predicted octanol–water partition coefficient (Wildman–Crippen LogP) is 3.50. The lowest BCUT2D eigenvalue weighted by Gasteiger charge is -2.15. The summed E-state index contributed by atoms with van der Waals surface area (Å²) in [6.07, 6.45) is 2.82. The third-order valence-corrected chi connectivity index (χ3v) is 3.53. The van der Waals surface area contributed by atoms with Crippen LogP contribution < -0.4 is 10.1 Å². The van der Waals surface area contributed by atoms with Crippen LogP contribution in [0.1, 0.15) is 36.6 Å². The minimum atomic E-state index is 0.297. The van der Waals surface area contributed by atoms with Gasteiger partial charge in [0.05, 0.1) is 7.11 Å². The summed E-state index contributed by atoms with van der Waals surface area (Å²) in [4.78, 5) is 4.21. The number of pyridine rings is 1. The molecule has 2 rings (SSSR count). The van der Waals surface area contributed by atoms with Gasteiger partial charge in [0.25, 0.3) is 0 Å². The van der Waals surface area contributed by atoms with Gasteiger partial charge in [-0.05, 0) is 30.5 Å². The molecule has 1 N–H and O–H groups in total. The molecule has 0 radical (unpaired) electrons. The first-order chi connectivity index (χ1) is 9.74. The van der Waals surface area contributed by atoms with Gasteiger partial charge in [0.1, 0.15) is 0 Å². The van der Waals surface area contributed by atoms with Crippen molar-refractivity contribution in [2.45, 2.75) is 32.9 Å². The van der Waals surface area contributed by atoms with Gasteiger partial charge in [-0.15, -0.1) is 0 Å². The van der Waals surface area contributed by atoms with Crippen LogP contribution in [0, 0.1) is 0 Å². The Kier molecular flexibility index (Phi) is 5.13. The second-order valence-electron chi connectivity index (χ2n) is 4.87. The lowest BCUT2D eigenvalue weighted by molar-refractivity contribution is 0.389. The Morgan fingerprint density at radius 1 is 1.20 bits per heavy atom. The van der Waals surface area contributed by atoms with Crippen molar-refractivity contribution in [1.29, 1.82) is 0 Å². The molecule has 1 atom stereocenters. The van der Waals surface area contributed by atoms with Crippen molar-refractivity contribution in [2.75, 3.05) is 7.11 Å². The van der Waals surface area contributed by atoms with Crippen LogP contribution in [0.25, 0.3) is 0 Å². The number of methoxy groups -OCH3 is 1. The van der Waals surface area contributed by atoms with Gasteiger partial charge in [-0.25, -0.2) is 4.98 Å². The quantitative estimate of drug-likeness (QED) is 0.872. The van der Waals surface area contributed by atoms with E-state index >= 15 is 0 Å². The molecule has 0 fully saturated rings. The Balaban J connectivity index is 1.98. The van der Waals surface area contributed by atoms with E-state index in [2.05, 4.69) is 48.4 Å². The molecule has 106 valence electrons. The smallest absolute Gasteiger partial charge is 0.217 e. The standard InChI is InChI=1S/C17H22N2O/c1-4-14-7-9-15(10-8-14)13(2)19-12-16-6-5-11-18-17(16)20-3/h5-11,13,19H,4,12H2,1-3H3. The molecule has 0 spiro atoms. The van der Waals surface area contributed by atoms with Gasteiger partial charge in [0.15, 0.2) is 0 Å². The van der Waals surface area contributed by atoms with Crippen molar-refractivity contribution < 1.29 is 4.74 Å². The number of hydrogen-bond donors (Lipinski definition) is 1. The third-order valence-electron chi connectivity index (χ3n) is 3.53. The number of aryl methyl sites for hydroxylation is 1. The molecule has 3 heteroatoms. The minimum Gasteiger partial charge on any atom is -0.481 e. The summed E-state index contributed by atoms with van der Waals surface area (Å²) in [5.74, 6) is 0.688. The fraction of sp³-hybridized carbons (Fsp3) is 0.353. The summed E-state index contributed by atoms with van der Waals surface area (Å²) < 4.78 is 5.26. The first-order valence-corrected chi connectivity index (χ1v) is 7.04. The largest absolute Gasteiger partial charge is 0.481 e. The van der Waals surface area contributed by atoms with Gasteiger partial charge in [-0.3, -0.25) is 0 Å². The molecule has 0 amide bonds. The van der Waals surface area contributed by atoms with Crippen LogP contribution in [-0.2, 0) is 13.0 Å². The molecule has 3 nitrogen and oxygen atoms in total. The van der Waals surface area contributed by atoms with Crippen LogP contribution in [0.3, 0.4) is 0 Å². The average Bonchev–Trinajstić information content (AvgIpc) is 2.53. The third kappa shape index (κ3) is 3.58.